The third-order valence-corrected chi connectivity index (χ3v) is 4.61. The van der Waals surface area contributed by atoms with Gasteiger partial charge in [0.15, 0.2) is 5.82 Å². The van der Waals surface area contributed by atoms with E-state index < -0.39 is 0 Å². The summed E-state index contributed by atoms with van der Waals surface area (Å²) in [7, 11) is 0. The maximum absolute atomic E-state index is 4.64. The summed E-state index contributed by atoms with van der Waals surface area (Å²) in [5, 5.41) is 3.48. The summed E-state index contributed by atoms with van der Waals surface area (Å²) < 4.78 is 2.06. The lowest BCUT2D eigenvalue weighted by atomic mass is 10.1. The molecule has 28 heavy (non-hydrogen) atoms. The van der Waals surface area contributed by atoms with Crippen molar-refractivity contribution >= 4 is 5.82 Å². The molecule has 3 heterocycles. The van der Waals surface area contributed by atoms with Crippen LogP contribution in [0.4, 0.5) is 5.82 Å². The second-order valence-corrected chi connectivity index (χ2v) is 6.74. The van der Waals surface area contributed by atoms with Crippen molar-refractivity contribution in [3.8, 4) is 17.2 Å². The quantitative estimate of drug-likeness (QED) is 0.560. The van der Waals surface area contributed by atoms with Crippen LogP contribution in [0.25, 0.3) is 17.2 Å². The third-order valence-electron chi connectivity index (χ3n) is 4.61. The van der Waals surface area contributed by atoms with Crippen molar-refractivity contribution in [3.63, 3.8) is 0 Å². The molecule has 0 radical (unpaired) electrons. The molecule has 0 fully saturated rings. The summed E-state index contributed by atoms with van der Waals surface area (Å²) in [6, 6.07) is 16.2. The molecule has 0 unspecified atom stereocenters. The van der Waals surface area contributed by atoms with Crippen LogP contribution in [0.1, 0.15) is 30.0 Å². The zero-order valence-corrected chi connectivity index (χ0v) is 16.2. The van der Waals surface area contributed by atoms with E-state index in [1.54, 1.807) is 6.20 Å². The van der Waals surface area contributed by atoms with E-state index >= 15 is 0 Å². The summed E-state index contributed by atoms with van der Waals surface area (Å²) in [6.45, 7) is 6.08. The number of rotatable bonds is 5. The molecule has 4 aromatic rings. The van der Waals surface area contributed by atoms with E-state index in [1.807, 2.05) is 50.5 Å². The molecule has 3 aromatic heterocycles. The van der Waals surface area contributed by atoms with Crippen LogP contribution in [0.3, 0.4) is 0 Å². The summed E-state index contributed by atoms with van der Waals surface area (Å²) in [6.07, 6.45) is 5.53. The van der Waals surface area contributed by atoms with E-state index in [1.165, 1.54) is 5.56 Å². The predicted octanol–water partition coefficient (Wildman–Crippen LogP) is 4.51. The first-order valence-corrected chi connectivity index (χ1v) is 9.24. The summed E-state index contributed by atoms with van der Waals surface area (Å²) in [5.41, 5.74) is 3.94. The Hall–Kier alpha value is -3.54. The number of hydrogen-bond donors (Lipinski definition) is 1. The molecule has 6 nitrogen and oxygen atoms in total. The SMILES string of the molecule is Cc1cc(N[C@H](C)c2ccc(-n3ccnc3C)cc2)nc(-c2ccccn2)n1. The standard InChI is InChI=1S/C22H22N6/c1-15-14-21(27-22(25-15)20-6-4-5-11-24-20)26-16(2)18-7-9-19(10-8-18)28-13-12-23-17(28)3/h4-14,16H,1-3H3,(H,25,26,27)/t16-/m1/s1. The van der Waals surface area contributed by atoms with Gasteiger partial charge in [-0.15, -0.1) is 0 Å². The monoisotopic (exact) mass is 370 g/mol. The number of pyridine rings is 1. The fourth-order valence-corrected chi connectivity index (χ4v) is 3.13. The Labute approximate surface area is 164 Å². The van der Waals surface area contributed by atoms with Crippen molar-refractivity contribution in [2.24, 2.45) is 0 Å². The molecule has 0 saturated carbocycles. The van der Waals surface area contributed by atoms with E-state index in [0.29, 0.717) is 5.82 Å². The zero-order valence-electron chi connectivity index (χ0n) is 16.2. The highest BCUT2D eigenvalue weighted by molar-refractivity contribution is 5.53. The molecule has 4 rings (SSSR count). The van der Waals surface area contributed by atoms with Crippen LogP contribution in [0, 0.1) is 13.8 Å². The fraction of sp³-hybridized carbons (Fsp3) is 0.182. The molecule has 140 valence electrons. The Morgan fingerprint density at radius 3 is 2.43 bits per heavy atom. The molecule has 1 atom stereocenters. The van der Waals surface area contributed by atoms with Crippen LogP contribution >= 0.6 is 0 Å². The summed E-state index contributed by atoms with van der Waals surface area (Å²) >= 11 is 0. The third kappa shape index (κ3) is 3.76. The van der Waals surface area contributed by atoms with Crippen molar-refractivity contribution in [1.29, 1.82) is 0 Å². The van der Waals surface area contributed by atoms with Gasteiger partial charge in [-0.25, -0.2) is 15.0 Å². The van der Waals surface area contributed by atoms with Crippen LogP contribution in [0.15, 0.2) is 67.1 Å². The lowest BCUT2D eigenvalue weighted by Gasteiger charge is -2.16. The van der Waals surface area contributed by atoms with Gasteiger partial charge in [-0.2, -0.15) is 0 Å². The smallest absolute Gasteiger partial charge is 0.180 e. The Morgan fingerprint density at radius 1 is 0.929 bits per heavy atom. The minimum atomic E-state index is 0.101. The number of aryl methyl sites for hydroxylation is 2. The lowest BCUT2D eigenvalue weighted by Crippen LogP contribution is -2.09. The van der Waals surface area contributed by atoms with Gasteiger partial charge in [-0.1, -0.05) is 18.2 Å². The van der Waals surface area contributed by atoms with Crippen LogP contribution < -0.4 is 5.32 Å². The maximum Gasteiger partial charge on any atom is 0.180 e. The van der Waals surface area contributed by atoms with Gasteiger partial charge in [0.2, 0.25) is 0 Å². The van der Waals surface area contributed by atoms with Gasteiger partial charge in [-0.05, 0) is 50.6 Å². The molecule has 1 aromatic carbocycles. The highest BCUT2D eigenvalue weighted by atomic mass is 15.1. The Balaban J connectivity index is 1.54. The minimum absolute atomic E-state index is 0.101. The lowest BCUT2D eigenvalue weighted by molar-refractivity contribution is 0.868. The van der Waals surface area contributed by atoms with Gasteiger partial charge >= 0.3 is 0 Å². The second kappa shape index (κ2) is 7.60. The largest absolute Gasteiger partial charge is 0.363 e. The average Bonchev–Trinajstić information content (AvgIpc) is 3.14. The molecule has 0 saturated heterocycles. The number of nitrogens with one attached hydrogen (secondary N) is 1. The maximum atomic E-state index is 4.64. The number of anilines is 1. The number of benzene rings is 1. The van der Waals surface area contributed by atoms with E-state index in [-0.39, 0.29) is 6.04 Å². The van der Waals surface area contributed by atoms with Crippen molar-refractivity contribution in [3.05, 3.63) is 84.2 Å². The van der Waals surface area contributed by atoms with Crippen molar-refractivity contribution in [2.75, 3.05) is 5.32 Å². The molecule has 0 spiro atoms. The van der Waals surface area contributed by atoms with Crippen molar-refractivity contribution in [1.82, 2.24) is 24.5 Å². The number of imidazole rings is 1. The summed E-state index contributed by atoms with van der Waals surface area (Å²) in [4.78, 5) is 17.8. The molecule has 0 amide bonds. The number of hydrogen-bond acceptors (Lipinski definition) is 5. The van der Waals surface area contributed by atoms with Gasteiger partial charge in [0.05, 0.1) is 0 Å². The normalized spacial score (nSPS) is 12.0. The second-order valence-electron chi connectivity index (χ2n) is 6.74. The molecule has 6 heteroatoms. The number of aromatic nitrogens is 5. The van der Waals surface area contributed by atoms with Gasteiger partial charge < -0.3 is 9.88 Å². The first-order chi connectivity index (χ1) is 13.6. The topological polar surface area (TPSA) is 68.5 Å². The first-order valence-electron chi connectivity index (χ1n) is 9.24. The van der Waals surface area contributed by atoms with Gasteiger partial charge in [0.1, 0.15) is 17.3 Å². The molecular weight excluding hydrogens is 348 g/mol. The van der Waals surface area contributed by atoms with Crippen molar-refractivity contribution in [2.45, 2.75) is 26.8 Å². The highest BCUT2D eigenvalue weighted by Crippen LogP contribution is 2.22. The van der Waals surface area contributed by atoms with E-state index in [9.17, 15) is 0 Å². The average molecular weight is 370 g/mol. The van der Waals surface area contributed by atoms with Gasteiger partial charge in [0.25, 0.3) is 0 Å². The van der Waals surface area contributed by atoms with Crippen molar-refractivity contribution < 1.29 is 0 Å². The zero-order chi connectivity index (χ0) is 19.5. The van der Waals surface area contributed by atoms with E-state index in [4.69, 9.17) is 0 Å². The molecule has 0 aliphatic carbocycles. The highest BCUT2D eigenvalue weighted by Gasteiger charge is 2.10. The molecular formula is C22H22N6. The van der Waals surface area contributed by atoms with Crippen LogP contribution in [0.2, 0.25) is 0 Å². The fourth-order valence-electron chi connectivity index (χ4n) is 3.13. The Bertz CT molecular complexity index is 1070. The van der Waals surface area contributed by atoms with E-state index in [2.05, 4.69) is 61.0 Å². The van der Waals surface area contributed by atoms with E-state index in [0.717, 1.165) is 28.7 Å². The van der Waals surface area contributed by atoms with Gasteiger partial charge in [-0.3, -0.25) is 4.98 Å². The minimum Gasteiger partial charge on any atom is -0.363 e. The Kier molecular flexibility index (Phi) is 4.85. The Morgan fingerprint density at radius 2 is 1.75 bits per heavy atom. The molecule has 0 aliphatic rings. The molecule has 0 bridgehead atoms. The van der Waals surface area contributed by atoms with Gasteiger partial charge in [0, 0.05) is 42.1 Å². The summed E-state index contributed by atoms with van der Waals surface area (Å²) in [5.74, 6) is 2.38. The molecule has 1 N–H and O–H groups in total. The van der Waals surface area contributed by atoms with Crippen LogP contribution in [0.5, 0.6) is 0 Å². The molecule has 0 aliphatic heterocycles. The van der Waals surface area contributed by atoms with Crippen LogP contribution in [-0.4, -0.2) is 24.5 Å². The number of nitrogens with zero attached hydrogens (tertiary/aromatic N) is 5. The first kappa shape index (κ1) is 17.9. The predicted molar refractivity (Wildman–Crippen MR) is 110 cm³/mol. The van der Waals surface area contributed by atoms with Crippen LogP contribution in [-0.2, 0) is 0 Å².